The molecule has 1 atom stereocenters. The maximum Gasteiger partial charge on any atom is 0.254 e. The molecule has 0 saturated heterocycles. The van der Waals surface area contributed by atoms with Gasteiger partial charge < -0.3 is 10.2 Å². The van der Waals surface area contributed by atoms with E-state index in [1.165, 1.54) is 0 Å². The summed E-state index contributed by atoms with van der Waals surface area (Å²) >= 11 is 0. The molecule has 1 unspecified atom stereocenters. The molecule has 1 aromatic carbocycles. The summed E-state index contributed by atoms with van der Waals surface area (Å²) in [4.78, 5) is 26.9. The highest BCUT2D eigenvalue weighted by Crippen LogP contribution is 2.25. The maximum atomic E-state index is 12.8. The molecule has 2 rings (SSSR count). The normalized spacial score (nSPS) is 18.5. The number of anilines is 1. The summed E-state index contributed by atoms with van der Waals surface area (Å²) in [6.45, 7) is 6.96. The molecule has 0 aromatic heterocycles. The van der Waals surface area contributed by atoms with Crippen LogP contribution in [-0.2, 0) is 4.79 Å². The van der Waals surface area contributed by atoms with Crippen molar-refractivity contribution in [2.45, 2.75) is 46.1 Å². The molecule has 0 fully saturated rings. The van der Waals surface area contributed by atoms with E-state index in [9.17, 15) is 9.59 Å². The quantitative estimate of drug-likeness (QED) is 0.905. The molecule has 1 heterocycles. The predicted molar refractivity (Wildman–Crippen MR) is 84.4 cm³/mol. The van der Waals surface area contributed by atoms with Crippen LogP contribution >= 0.6 is 0 Å². The van der Waals surface area contributed by atoms with Crippen molar-refractivity contribution >= 4 is 17.5 Å². The first-order valence-electron chi connectivity index (χ1n) is 7.75. The number of amides is 2. The zero-order valence-corrected chi connectivity index (χ0v) is 13.1. The average molecular weight is 288 g/mol. The Bertz CT molecular complexity index is 525. The molecule has 0 aliphatic carbocycles. The van der Waals surface area contributed by atoms with Gasteiger partial charge in [-0.3, -0.25) is 9.59 Å². The first kappa shape index (κ1) is 15.5. The highest BCUT2D eigenvalue weighted by Gasteiger charge is 2.32. The third-order valence-corrected chi connectivity index (χ3v) is 3.82. The first-order chi connectivity index (χ1) is 10.0. The summed E-state index contributed by atoms with van der Waals surface area (Å²) in [6, 6.07) is 6.95. The molecule has 1 aliphatic heterocycles. The summed E-state index contributed by atoms with van der Waals surface area (Å²) in [5.41, 5.74) is 1.33. The van der Waals surface area contributed by atoms with Crippen LogP contribution in [0, 0.1) is 5.92 Å². The molecule has 21 heavy (non-hydrogen) atoms. The number of benzene rings is 1. The monoisotopic (exact) mass is 288 g/mol. The van der Waals surface area contributed by atoms with Crippen molar-refractivity contribution in [3.8, 4) is 0 Å². The summed E-state index contributed by atoms with van der Waals surface area (Å²) in [5.74, 6) is 0.377. The van der Waals surface area contributed by atoms with Gasteiger partial charge in [0.05, 0.1) is 11.3 Å². The van der Waals surface area contributed by atoms with Crippen LogP contribution in [0.3, 0.4) is 0 Å². The lowest BCUT2D eigenvalue weighted by Crippen LogP contribution is -2.46. The number of para-hydroxylation sites is 1. The number of carbonyl (C=O) groups excluding carboxylic acids is 2. The van der Waals surface area contributed by atoms with E-state index < -0.39 is 6.04 Å². The van der Waals surface area contributed by atoms with Crippen molar-refractivity contribution in [2.75, 3.05) is 11.4 Å². The summed E-state index contributed by atoms with van der Waals surface area (Å²) < 4.78 is 0. The molecule has 0 saturated carbocycles. The van der Waals surface area contributed by atoms with E-state index in [4.69, 9.17) is 0 Å². The lowest BCUT2D eigenvalue weighted by molar-refractivity contribution is -0.120. The van der Waals surface area contributed by atoms with Crippen molar-refractivity contribution < 1.29 is 9.59 Å². The van der Waals surface area contributed by atoms with E-state index in [1.807, 2.05) is 25.1 Å². The Morgan fingerprint density at radius 1 is 1.24 bits per heavy atom. The number of fused-ring (bicyclic) bond motifs is 1. The molecule has 0 spiro atoms. The number of carbonyl (C=O) groups is 2. The summed E-state index contributed by atoms with van der Waals surface area (Å²) in [5, 5.41) is 2.87. The maximum absolute atomic E-state index is 12.8. The van der Waals surface area contributed by atoms with Gasteiger partial charge in [0.2, 0.25) is 5.91 Å². The van der Waals surface area contributed by atoms with Gasteiger partial charge in [0.1, 0.15) is 6.04 Å². The number of hydrogen-bond acceptors (Lipinski definition) is 2. The molecule has 0 radical (unpaired) electrons. The van der Waals surface area contributed by atoms with Gasteiger partial charge in [-0.2, -0.15) is 0 Å². The fourth-order valence-electron chi connectivity index (χ4n) is 2.61. The molecule has 1 N–H and O–H groups in total. The smallest absolute Gasteiger partial charge is 0.254 e. The second-order valence-corrected chi connectivity index (χ2v) is 6.00. The second kappa shape index (κ2) is 6.74. The van der Waals surface area contributed by atoms with E-state index >= 15 is 0 Å². The van der Waals surface area contributed by atoms with Crippen molar-refractivity contribution in [3.63, 3.8) is 0 Å². The SMILES string of the molecule is CCCC1NC(=O)c2ccccc2N(CCC(C)C)C1=O. The lowest BCUT2D eigenvalue weighted by atomic mass is 10.1. The number of hydrogen-bond donors (Lipinski definition) is 1. The van der Waals surface area contributed by atoms with Gasteiger partial charge in [-0.25, -0.2) is 0 Å². The van der Waals surface area contributed by atoms with Gasteiger partial charge in [0.25, 0.3) is 5.91 Å². The predicted octanol–water partition coefficient (Wildman–Crippen LogP) is 2.98. The van der Waals surface area contributed by atoms with Crippen molar-refractivity contribution in [1.29, 1.82) is 0 Å². The molecular weight excluding hydrogens is 264 g/mol. The van der Waals surface area contributed by atoms with Crippen LogP contribution < -0.4 is 10.2 Å². The van der Waals surface area contributed by atoms with E-state index in [-0.39, 0.29) is 11.8 Å². The minimum absolute atomic E-state index is 0.0100. The van der Waals surface area contributed by atoms with Gasteiger partial charge in [0.15, 0.2) is 0 Å². The van der Waals surface area contributed by atoms with Crippen molar-refractivity contribution in [2.24, 2.45) is 5.92 Å². The Morgan fingerprint density at radius 2 is 1.95 bits per heavy atom. The Labute approximate surface area is 126 Å². The van der Waals surface area contributed by atoms with Crippen LogP contribution in [-0.4, -0.2) is 24.4 Å². The zero-order valence-electron chi connectivity index (χ0n) is 13.1. The number of nitrogens with zero attached hydrogens (tertiary/aromatic N) is 1. The average Bonchev–Trinajstić information content (AvgIpc) is 2.55. The minimum atomic E-state index is -0.415. The Morgan fingerprint density at radius 3 is 2.62 bits per heavy atom. The second-order valence-electron chi connectivity index (χ2n) is 6.00. The van der Waals surface area contributed by atoms with Crippen LogP contribution in [0.15, 0.2) is 24.3 Å². The van der Waals surface area contributed by atoms with Gasteiger partial charge in [0, 0.05) is 6.54 Å². The Kier molecular flexibility index (Phi) is 4.99. The molecular formula is C17H24N2O2. The zero-order chi connectivity index (χ0) is 15.4. The first-order valence-corrected chi connectivity index (χ1v) is 7.75. The molecule has 0 bridgehead atoms. The summed E-state index contributed by atoms with van der Waals surface area (Å²) in [6.07, 6.45) is 2.47. The minimum Gasteiger partial charge on any atom is -0.340 e. The molecule has 114 valence electrons. The fourth-order valence-corrected chi connectivity index (χ4v) is 2.61. The third-order valence-electron chi connectivity index (χ3n) is 3.82. The van der Waals surface area contributed by atoms with E-state index in [1.54, 1.807) is 11.0 Å². The van der Waals surface area contributed by atoms with Crippen LogP contribution in [0.5, 0.6) is 0 Å². The van der Waals surface area contributed by atoms with Crippen LogP contribution in [0.25, 0.3) is 0 Å². The molecule has 1 aliphatic rings. The lowest BCUT2D eigenvalue weighted by Gasteiger charge is -2.26. The molecule has 2 amide bonds. The van der Waals surface area contributed by atoms with Gasteiger partial charge in [-0.05, 0) is 30.9 Å². The van der Waals surface area contributed by atoms with Gasteiger partial charge in [-0.15, -0.1) is 0 Å². The Balaban J connectivity index is 2.37. The third kappa shape index (κ3) is 3.43. The Hall–Kier alpha value is -1.84. The highest BCUT2D eigenvalue weighted by molar-refractivity contribution is 6.10. The molecule has 1 aromatic rings. The van der Waals surface area contributed by atoms with E-state index in [2.05, 4.69) is 19.2 Å². The van der Waals surface area contributed by atoms with E-state index in [0.29, 0.717) is 24.4 Å². The number of nitrogens with one attached hydrogen (secondary N) is 1. The van der Waals surface area contributed by atoms with E-state index in [0.717, 1.165) is 18.5 Å². The fraction of sp³-hybridized carbons (Fsp3) is 0.529. The summed E-state index contributed by atoms with van der Waals surface area (Å²) in [7, 11) is 0. The van der Waals surface area contributed by atoms with Gasteiger partial charge >= 0.3 is 0 Å². The topological polar surface area (TPSA) is 49.4 Å². The molecule has 4 nitrogen and oxygen atoms in total. The van der Waals surface area contributed by atoms with Crippen LogP contribution in [0.1, 0.15) is 50.4 Å². The van der Waals surface area contributed by atoms with Gasteiger partial charge in [-0.1, -0.05) is 39.3 Å². The standard InChI is InChI=1S/C17H24N2O2/c1-4-7-14-17(21)19(11-10-12(2)3)15-9-6-5-8-13(15)16(20)18-14/h5-6,8-9,12,14H,4,7,10-11H2,1-3H3,(H,18,20). The molecule has 4 heteroatoms. The van der Waals surface area contributed by atoms with Crippen molar-refractivity contribution in [3.05, 3.63) is 29.8 Å². The van der Waals surface area contributed by atoms with Crippen LogP contribution in [0.2, 0.25) is 0 Å². The van der Waals surface area contributed by atoms with Crippen LogP contribution in [0.4, 0.5) is 5.69 Å². The van der Waals surface area contributed by atoms with Crippen molar-refractivity contribution in [1.82, 2.24) is 5.32 Å². The largest absolute Gasteiger partial charge is 0.340 e. The number of rotatable bonds is 5. The highest BCUT2D eigenvalue weighted by atomic mass is 16.2.